The Labute approximate surface area is 116 Å². The first kappa shape index (κ1) is 14.6. The Hall–Kier alpha value is -0.840. The molecule has 1 saturated carbocycles. The molecule has 5 heteroatoms. The van der Waals surface area contributed by atoms with Gasteiger partial charge in [0.05, 0.1) is 12.2 Å². The van der Waals surface area contributed by atoms with E-state index in [1.54, 1.807) is 0 Å². The molecule has 0 saturated heterocycles. The van der Waals surface area contributed by atoms with Crippen LogP contribution in [0.15, 0.2) is 24.3 Å². The smallest absolute Gasteiger partial charge is 0.416 e. The van der Waals surface area contributed by atoms with Crippen molar-refractivity contribution < 1.29 is 17.9 Å². The summed E-state index contributed by atoms with van der Waals surface area (Å²) in [5.41, 5.74) is -0.559. The Morgan fingerprint density at radius 1 is 1.11 bits per heavy atom. The maximum absolute atomic E-state index is 12.4. The molecule has 1 aromatic carbocycles. The standard InChI is InChI=1S/C14H17F3OS/c15-14(16,17)11-3-5-12(6-4-11)18-9-13(10-19)7-1-2-8-13/h3-6,19H,1-2,7-10H2. The highest BCUT2D eigenvalue weighted by Gasteiger charge is 2.33. The molecule has 2 rings (SSSR count). The molecule has 1 aromatic rings. The number of hydrogen-bond donors (Lipinski definition) is 1. The molecule has 1 aliphatic rings. The largest absolute Gasteiger partial charge is 0.493 e. The number of benzene rings is 1. The third-order valence-corrected chi connectivity index (χ3v) is 4.40. The average molecular weight is 290 g/mol. The average Bonchev–Trinajstić information content (AvgIpc) is 2.85. The molecule has 1 fully saturated rings. The van der Waals surface area contributed by atoms with E-state index in [0.717, 1.165) is 30.7 Å². The predicted octanol–water partition coefficient (Wildman–Crippen LogP) is 4.57. The summed E-state index contributed by atoms with van der Waals surface area (Å²) in [5.74, 6) is 1.24. The zero-order valence-corrected chi connectivity index (χ0v) is 11.4. The van der Waals surface area contributed by atoms with Crippen LogP contribution in [0, 0.1) is 5.41 Å². The monoisotopic (exact) mass is 290 g/mol. The van der Waals surface area contributed by atoms with Gasteiger partial charge in [0, 0.05) is 5.41 Å². The molecule has 0 spiro atoms. The van der Waals surface area contributed by atoms with Crippen LogP contribution in [0.5, 0.6) is 5.75 Å². The van der Waals surface area contributed by atoms with Gasteiger partial charge in [-0.05, 0) is 42.9 Å². The molecule has 0 unspecified atom stereocenters. The summed E-state index contributed by atoms with van der Waals surface area (Å²) in [4.78, 5) is 0. The van der Waals surface area contributed by atoms with Crippen molar-refractivity contribution in [1.29, 1.82) is 0 Å². The highest BCUT2D eigenvalue weighted by molar-refractivity contribution is 7.80. The summed E-state index contributed by atoms with van der Waals surface area (Å²) in [6, 6.07) is 4.86. The van der Waals surface area contributed by atoms with E-state index < -0.39 is 11.7 Å². The van der Waals surface area contributed by atoms with Crippen LogP contribution in [-0.2, 0) is 6.18 Å². The minimum atomic E-state index is -4.30. The first-order valence-electron chi connectivity index (χ1n) is 6.36. The maximum Gasteiger partial charge on any atom is 0.416 e. The lowest BCUT2D eigenvalue weighted by molar-refractivity contribution is -0.137. The van der Waals surface area contributed by atoms with Gasteiger partial charge in [-0.1, -0.05) is 12.8 Å². The van der Waals surface area contributed by atoms with E-state index in [0.29, 0.717) is 12.4 Å². The van der Waals surface area contributed by atoms with Gasteiger partial charge in [-0.3, -0.25) is 0 Å². The summed E-state index contributed by atoms with van der Waals surface area (Å²) in [5, 5.41) is 0. The molecule has 0 bridgehead atoms. The third kappa shape index (κ3) is 3.59. The number of ether oxygens (including phenoxy) is 1. The van der Waals surface area contributed by atoms with Crippen molar-refractivity contribution in [3.8, 4) is 5.75 Å². The first-order valence-corrected chi connectivity index (χ1v) is 6.99. The van der Waals surface area contributed by atoms with Crippen molar-refractivity contribution in [2.75, 3.05) is 12.4 Å². The highest BCUT2D eigenvalue weighted by atomic mass is 32.1. The van der Waals surface area contributed by atoms with Crippen molar-refractivity contribution >= 4 is 12.6 Å². The fourth-order valence-corrected chi connectivity index (χ4v) is 2.86. The molecule has 106 valence electrons. The van der Waals surface area contributed by atoms with Gasteiger partial charge in [-0.25, -0.2) is 0 Å². The molecule has 1 nitrogen and oxygen atoms in total. The van der Waals surface area contributed by atoms with Crippen molar-refractivity contribution in [1.82, 2.24) is 0 Å². The topological polar surface area (TPSA) is 9.23 Å². The van der Waals surface area contributed by atoms with Crippen molar-refractivity contribution in [2.24, 2.45) is 5.41 Å². The molecule has 0 aliphatic heterocycles. The molecular formula is C14H17F3OS. The molecular weight excluding hydrogens is 273 g/mol. The lowest BCUT2D eigenvalue weighted by Crippen LogP contribution is -2.27. The maximum atomic E-state index is 12.4. The van der Waals surface area contributed by atoms with Crippen LogP contribution in [0.25, 0.3) is 0 Å². The van der Waals surface area contributed by atoms with Crippen LogP contribution in [-0.4, -0.2) is 12.4 Å². The van der Waals surface area contributed by atoms with E-state index in [4.69, 9.17) is 4.74 Å². The van der Waals surface area contributed by atoms with Crippen LogP contribution in [0.3, 0.4) is 0 Å². The lowest BCUT2D eigenvalue weighted by Gasteiger charge is -2.26. The zero-order valence-electron chi connectivity index (χ0n) is 10.5. The molecule has 0 atom stereocenters. The van der Waals surface area contributed by atoms with Gasteiger partial charge >= 0.3 is 6.18 Å². The van der Waals surface area contributed by atoms with Gasteiger partial charge in [0.2, 0.25) is 0 Å². The fourth-order valence-electron chi connectivity index (χ4n) is 2.45. The Bertz CT molecular complexity index is 408. The minimum Gasteiger partial charge on any atom is -0.493 e. The summed E-state index contributed by atoms with van der Waals surface area (Å²) in [6.07, 6.45) is 0.221. The Kier molecular flexibility index (Phi) is 4.33. The fraction of sp³-hybridized carbons (Fsp3) is 0.571. The molecule has 0 N–H and O–H groups in total. The molecule has 19 heavy (non-hydrogen) atoms. The van der Waals surface area contributed by atoms with E-state index >= 15 is 0 Å². The summed E-state index contributed by atoms with van der Waals surface area (Å²) in [7, 11) is 0. The summed E-state index contributed by atoms with van der Waals surface area (Å²) >= 11 is 4.37. The number of hydrogen-bond acceptors (Lipinski definition) is 2. The predicted molar refractivity (Wildman–Crippen MR) is 71.7 cm³/mol. The van der Waals surface area contributed by atoms with Crippen LogP contribution >= 0.6 is 12.6 Å². The lowest BCUT2D eigenvalue weighted by atomic mass is 9.90. The number of halogens is 3. The third-order valence-electron chi connectivity index (χ3n) is 3.73. The molecule has 0 heterocycles. The number of thiol groups is 1. The second-order valence-corrected chi connectivity index (χ2v) is 5.49. The van der Waals surface area contributed by atoms with E-state index in [-0.39, 0.29) is 5.41 Å². The van der Waals surface area contributed by atoms with Gasteiger partial charge in [0.25, 0.3) is 0 Å². The van der Waals surface area contributed by atoms with Crippen molar-refractivity contribution in [2.45, 2.75) is 31.9 Å². The number of alkyl halides is 3. The van der Waals surface area contributed by atoms with Gasteiger partial charge in [0.1, 0.15) is 5.75 Å². The Morgan fingerprint density at radius 3 is 2.16 bits per heavy atom. The number of rotatable bonds is 4. The molecule has 1 aliphatic carbocycles. The summed E-state index contributed by atoms with van der Waals surface area (Å²) in [6.45, 7) is 0.530. The first-order chi connectivity index (χ1) is 8.95. The van der Waals surface area contributed by atoms with Crippen LogP contribution in [0.2, 0.25) is 0 Å². The molecule has 0 amide bonds. The summed E-state index contributed by atoms with van der Waals surface area (Å²) < 4.78 is 42.9. The quantitative estimate of drug-likeness (QED) is 0.799. The van der Waals surface area contributed by atoms with Crippen LogP contribution < -0.4 is 4.74 Å². The zero-order chi connectivity index (χ0) is 13.9. The second kappa shape index (κ2) is 5.65. The minimum absolute atomic E-state index is 0.0891. The van der Waals surface area contributed by atoms with Crippen LogP contribution in [0.1, 0.15) is 31.2 Å². The SMILES string of the molecule is FC(F)(F)c1ccc(OCC2(CS)CCCC2)cc1. The van der Waals surface area contributed by atoms with Gasteiger partial charge in [-0.15, -0.1) is 0 Å². The van der Waals surface area contributed by atoms with E-state index in [9.17, 15) is 13.2 Å². The highest BCUT2D eigenvalue weighted by Crippen LogP contribution is 2.39. The van der Waals surface area contributed by atoms with Crippen molar-refractivity contribution in [3.05, 3.63) is 29.8 Å². The molecule has 0 aromatic heterocycles. The molecule has 0 radical (unpaired) electrons. The van der Waals surface area contributed by atoms with Gasteiger partial charge in [-0.2, -0.15) is 25.8 Å². The Morgan fingerprint density at radius 2 is 1.68 bits per heavy atom. The van der Waals surface area contributed by atoms with Gasteiger partial charge in [0.15, 0.2) is 0 Å². The normalized spacial score (nSPS) is 18.5. The van der Waals surface area contributed by atoms with E-state index in [2.05, 4.69) is 12.6 Å². The second-order valence-electron chi connectivity index (χ2n) is 5.18. The van der Waals surface area contributed by atoms with Crippen molar-refractivity contribution in [3.63, 3.8) is 0 Å². The van der Waals surface area contributed by atoms with E-state index in [1.165, 1.54) is 25.0 Å². The van der Waals surface area contributed by atoms with Crippen LogP contribution in [0.4, 0.5) is 13.2 Å². The van der Waals surface area contributed by atoms with Gasteiger partial charge < -0.3 is 4.74 Å². The van der Waals surface area contributed by atoms with E-state index in [1.807, 2.05) is 0 Å². The Balaban J connectivity index is 1.96.